The summed E-state index contributed by atoms with van der Waals surface area (Å²) in [5, 5.41) is 5.50. The van der Waals surface area contributed by atoms with Gasteiger partial charge in [0.15, 0.2) is 0 Å². The van der Waals surface area contributed by atoms with Crippen molar-refractivity contribution in [3.8, 4) is 0 Å². The van der Waals surface area contributed by atoms with E-state index < -0.39 is 5.92 Å². The number of hydrogen-bond donors (Lipinski definition) is 1. The van der Waals surface area contributed by atoms with Gasteiger partial charge in [-0.15, -0.1) is 6.58 Å². The number of unbranched alkanes of at least 4 members (excludes halogenated alkanes) is 1. The van der Waals surface area contributed by atoms with Crippen LogP contribution in [0.25, 0.3) is 0 Å². The van der Waals surface area contributed by atoms with Gasteiger partial charge in [-0.2, -0.15) is 0 Å². The smallest absolute Gasteiger partial charge is 0.276 e. The Hall–Kier alpha value is -2.55. The lowest BCUT2D eigenvalue weighted by molar-refractivity contribution is -0.00105. The van der Waals surface area contributed by atoms with E-state index in [-0.39, 0.29) is 12.0 Å². The van der Waals surface area contributed by atoms with Crippen LogP contribution in [0.15, 0.2) is 91.1 Å². The third kappa shape index (κ3) is 18.4. The van der Waals surface area contributed by atoms with Crippen LogP contribution in [0.5, 0.6) is 0 Å². The summed E-state index contributed by atoms with van der Waals surface area (Å²) >= 11 is 0. The fourth-order valence-corrected chi connectivity index (χ4v) is 3.79. The van der Waals surface area contributed by atoms with Crippen LogP contribution < -0.4 is 0 Å². The lowest BCUT2D eigenvalue weighted by atomic mass is 9.93. The maximum absolute atomic E-state index is 13.8. The molecule has 1 aromatic rings. The first-order chi connectivity index (χ1) is 17.8. The molecule has 3 heteroatoms. The molecule has 0 aliphatic heterocycles. The third-order valence-electron chi connectivity index (χ3n) is 5.99. The van der Waals surface area contributed by atoms with Gasteiger partial charge in [0.1, 0.15) is 0 Å². The summed E-state index contributed by atoms with van der Waals surface area (Å²) in [5.41, 5.74) is 2.75. The fourth-order valence-electron chi connectivity index (χ4n) is 3.79. The number of alkyl halides is 2. The van der Waals surface area contributed by atoms with Crippen molar-refractivity contribution in [3.63, 3.8) is 0 Å². The zero-order valence-electron chi connectivity index (χ0n) is 24.2. The molecule has 1 saturated carbocycles. The van der Waals surface area contributed by atoms with Gasteiger partial charge in [-0.3, -0.25) is 0 Å². The lowest BCUT2D eigenvalue weighted by Crippen LogP contribution is -2.11. The van der Waals surface area contributed by atoms with E-state index in [1.807, 2.05) is 26.0 Å². The van der Waals surface area contributed by atoms with Gasteiger partial charge in [-0.25, -0.2) is 8.78 Å². The molecule has 0 spiro atoms. The van der Waals surface area contributed by atoms with Gasteiger partial charge in [-0.1, -0.05) is 125 Å². The van der Waals surface area contributed by atoms with E-state index in [9.17, 15) is 8.78 Å². The number of allylic oxidation sites excluding steroid dienone is 8. The van der Waals surface area contributed by atoms with E-state index >= 15 is 0 Å². The summed E-state index contributed by atoms with van der Waals surface area (Å²) < 4.78 is 27.7. The molecule has 0 saturated heterocycles. The number of hydrogen-bond acceptors (Lipinski definition) is 1. The molecule has 0 heterocycles. The topological polar surface area (TPSA) is 23.9 Å². The van der Waals surface area contributed by atoms with E-state index in [1.54, 1.807) is 24.3 Å². The first kappa shape index (κ1) is 36.6. The fraction of sp³-hybridized carbons (Fsp3) is 0.500. The van der Waals surface area contributed by atoms with Crippen LogP contribution in [0.2, 0.25) is 0 Å². The molecule has 0 bridgehead atoms. The van der Waals surface area contributed by atoms with Gasteiger partial charge >= 0.3 is 0 Å². The van der Waals surface area contributed by atoms with Crippen molar-refractivity contribution in [1.29, 1.82) is 5.41 Å². The minimum absolute atomic E-state index is 0.0884. The molecule has 2 unspecified atom stereocenters. The largest absolute Gasteiger partial charge is 0.317 e. The van der Waals surface area contributed by atoms with Crippen LogP contribution >= 0.6 is 0 Å². The quantitative estimate of drug-likeness (QED) is 0.264. The molecule has 3 rings (SSSR count). The first-order valence-electron chi connectivity index (χ1n) is 13.9. The van der Waals surface area contributed by atoms with Crippen molar-refractivity contribution in [2.75, 3.05) is 0 Å². The SMILES string of the molecule is C=C1CCC(/C=C/CC(F)(F)c2ccccc2)C1.C=CCC.C=N.CC.CCCCC1C=CC(C)=CC1. The second-order valence-electron chi connectivity index (χ2n) is 9.10. The van der Waals surface area contributed by atoms with E-state index in [0.29, 0.717) is 5.92 Å². The number of benzene rings is 1. The molecule has 2 aliphatic carbocycles. The molecule has 2 atom stereocenters. The molecule has 0 amide bonds. The minimum atomic E-state index is -2.77. The van der Waals surface area contributed by atoms with E-state index in [1.165, 1.54) is 49.0 Å². The van der Waals surface area contributed by atoms with Crippen molar-refractivity contribution in [2.24, 2.45) is 11.8 Å². The summed E-state index contributed by atoms with van der Waals surface area (Å²) in [5.74, 6) is -1.53. The summed E-state index contributed by atoms with van der Waals surface area (Å²) in [6.07, 6.45) is 21.6. The van der Waals surface area contributed by atoms with Crippen LogP contribution in [0.1, 0.15) is 98.0 Å². The maximum Gasteiger partial charge on any atom is 0.276 e. The van der Waals surface area contributed by atoms with Crippen LogP contribution in [-0.2, 0) is 5.92 Å². The Morgan fingerprint density at radius 2 is 1.73 bits per heavy atom. The standard InChI is InChI=1S/C16H18F2.C11H18.C4H8.C2H6.CH3N/c1-13-9-10-14(12-13)6-5-11-16(17,18)15-7-3-2-4-8-15;1-3-4-5-11-8-6-10(2)7-9-11;1-3-4-2;2*1-2/h2-8,14H,1,9-12H2;6-8,11H,3-5,9H2,1-2H3;3H,1,4H2,2H3;1-2H3;2H,1H2/b6-5+;;;;. The summed E-state index contributed by atoms with van der Waals surface area (Å²) in [4.78, 5) is 0. The molecule has 2 aliphatic rings. The van der Waals surface area contributed by atoms with Gasteiger partial charge in [0.25, 0.3) is 5.92 Å². The van der Waals surface area contributed by atoms with Gasteiger partial charge in [-0.05, 0) is 64.0 Å². The Kier molecular flexibility index (Phi) is 23.6. The second kappa shape index (κ2) is 23.8. The number of rotatable bonds is 8. The molecule has 208 valence electrons. The van der Waals surface area contributed by atoms with Crippen molar-refractivity contribution in [2.45, 2.75) is 98.3 Å². The second-order valence-corrected chi connectivity index (χ2v) is 9.10. The van der Waals surface area contributed by atoms with Crippen molar-refractivity contribution < 1.29 is 8.78 Å². The van der Waals surface area contributed by atoms with E-state index in [2.05, 4.69) is 58.9 Å². The van der Waals surface area contributed by atoms with E-state index in [0.717, 1.165) is 31.6 Å². The van der Waals surface area contributed by atoms with Crippen LogP contribution in [-0.4, -0.2) is 6.72 Å². The Morgan fingerprint density at radius 3 is 2.19 bits per heavy atom. The third-order valence-corrected chi connectivity index (χ3v) is 5.99. The van der Waals surface area contributed by atoms with Crippen molar-refractivity contribution in [1.82, 2.24) is 0 Å². The molecule has 0 aromatic heterocycles. The highest BCUT2D eigenvalue weighted by molar-refractivity contribution is 5.22. The highest BCUT2D eigenvalue weighted by atomic mass is 19.3. The Balaban J connectivity index is 0. The molecular formula is C34H53F2N. The number of halogens is 2. The van der Waals surface area contributed by atoms with Crippen LogP contribution in [0, 0.1) is 17.2 Å². The zero-order valence-corrected chi connectivity index (χ0v) is 24.2. The molecule has 0 radical (unpaired) electrons. The van der Waals surface area contributed by atoms with Crippen molar-refractivity contribution in [3.05, 3.63) is 96.7 Å². The molecular weight excluding hydrogens is 460 g/mol. The average Bonchev–Trinajstić information content (AvgIpc) is 3.36. The highest BCUT2D eigenvalue weighted by Gasteiger charge is 2.29. The summed E-state index contributed by atoms with van der Waals surface area (Å²) in [6, 6.07) is 8.00. The number of nitrogens with one attached hydrogen (secondary N) is 1. The Morgan fingerprint density at radius 1 is 1.11 bits per heavy atom. The maximum atomic E-state index is 13.8. The molecule has 1 aromatic carbocycles. The van der Waals surface area contributed by atoms with Gasteiger partial charge < -0.3 is 5.41 Å². The Labute approximate surface area is 227 Å². The predicted molar refractivity (Wildman–Crippen MR) is 163 cm³/mol. The zero-order chi connectivity index (χ0) is 28.5. The highest BCUT2D eigenvalue weighted by Crippen LogP contribution is 2.34. The van der Waals surface area contributed by atoms with Gasteiger partial charge in [0.2, 0.25) is 0 Å². The molecule has 37 heavy (non-hydrogen) atoms. The summed E-state index contributed by atoms with van der Waals surface area (Å²) in [6.45, 7) is 20.4. The lowest BCUT2D eigenvalue weighted by Gasteiger charge is -2.14. The minimum Gasteiger partial charge on any atom is -0.317 e. The normalized spacial score (nSPS) is 18.0. The van der Waals surface area contributed by atoms with E-state index in [4.69, 9.17) is 5.41 Å². The van der Waals surface area contributed by atoms with Crippen LogP contribution in [0.3, 0.4) is 0 Å². The monoisotopic (exact) mass is 513 g/mol. The van der Waals surface area contributed by atoms with Crippen LogP contribution in [0.4, 0.5) is 8.78 Å². The molecule has 1 N–H and O–H groups in total. The molecule has 1 nitrogen and oxygen atoms in total. The van der Waals surface area contributed by atoms with Crippen molar-refractivity contribution >= 4 is 6.72 Å². The molecule has 1 fully saturated rings. The average molecular weight is 514 g/mol. The first-order valence-corrected chi connectivity index (χ1v) is 13.9. The summed E-state index contributed by atoms with van der Waals surface area (Å²) in [7, 11) is 0. The van der Waals surface area contributed by atoms with Gasteiger partial charge in [0.05, 0.1) is 0 Å². The van der Waals surface area contributed by atoms with Gasteiger partial charge in [0, 0.05) is 12.0 Å². The Bertz CT molecular complexity index is 789. The predicted octanol–water partition coefficient (Wildman–Crippen LogP) is 11.7.